The molecule has 1 aliphatic rings. The summed E-state index contributed by atoms with van der Waals surface area (Å²) in [6, 6.07) is 20.4. The van der Waals surface area contributed by atoms with E-state index in [4.69, 9.17) is 0 Å². The minimum absolute atomic E-state index is 0.0753. The first kappa shape index (κ1) is 22.5. The number of aryl methyl sites for hydroxylation is 2. The van der Waals surface area contributed by atoms with E-state index in [-0.39, 0.29) is 11.5 Å². The van der Waals surface area contributed by atoms with E-state index >= 15 is 0 Å². The molecule has 0 bridgehead atoms. The van der Waals surface area contributed by atoms with Crippen LogP contribution in [0, 0.1) is 6.92 Å². The summed E-state index contributed by atoms with van der Waals surface area (Å²) in [5.41, 5.74) is 3.19. The smallest absolute Gasteiger partial charge is 0.262 e. The van der Waals surface area contributed by atoms with Gasteiger partial charge in [-0.2, -0.15) is 0 Å². The number of rotatable bonds is 6. The van der Waals surface area contributed by atoms with Crippen molar-refractivity contribution >= 4 is 27.5 Å². The molecule has 0 radical (unpaired) electrons. The predicted octanol–water partition coefficient (Wildman–Crippen LogP) is 4.17. The Morgan fingerprint density at radius 3 is 2.35 bits per heavy atom. The lowest BCUT2D eigenvalue weighted by Crippen LogP contribution is -2.48. The highest BCUT2D eigenvalue weighted by Gasteiger charge is 2.22. The summed E-state index contributed by atoms with van der Waals surface area (Å²) in [5, 5.41) is 0.651. The third-order valence-corrected chi connectivity index (χ3v) is 7.47. The van der Waals surface area contributed by atoms with Crippen molar-refractivity contribution < 1.29 is 4.79 Å². The molecule has 1 aliphatic heterocycles. The van der Waals surface area contributed by atoms with Crippen molar-refractivity contribution in [3.63, 3.8) is 0 Å². The molecule has 0 N–H and O–H groups in total. The van der Waals surface area contributed by atoms with Crippen LogP contribution in [0.5, 0.6) is 0 Å². The summed E-state index contributed by atoms with van der Waals surface area (Å²) in [5.74, 6) is 0.0936. The highest BCUT2D eigenvalue weighted by Crippen LogP contribution is 2.35. The van der Waals surface area contributed by atoms with E-state index in [2.05, 4.69) is 34.1 Å². The van der Waals surface area contributed by atoms with Crippen molar-refractivity contribution in [1.82, 2.24) is 19.4 Å². The number of amides is 1. The molecular weight excluding hydrogens is 444 g/mol. The summed E-state index contributed by atoms with van der Waals surface area (Å²) < 4.78 is 1.59. The molecule has 6 nitrogen and oxygen atoms in total. The number of carbonyl (C=O) groups is 1. The summed E-state index contributed by atoms with van der Waals surface area (Å²) >= 11 is 1.54. The summed E-state index contributed by atoms with van der Waals surface area (Å²) in [6.07, 6.45) is 1.88. The van der Waals surface area contributed by atoms with Crippen molar-refractivity contribution in [2.24, 2.45) is 0 Å². The molecule has 0 saturated carbocycles. The molecule has 2 aromatic carbocycles. The van der Waals surface area contributed by atoms with E-state index in [1.807, 2.05) is 48.2 Å². The fourth-order valence-electron chi connectivity index (χ4n) is 4.62. The standard InChI is InChI=1S/C27H28N4O2S/c1-20-24(22-10-6-3-7-11-22)25-26(34-20)28-19-31(27(25)33)13-12-23(32)30-16-14-29(15-17-30)18-21-8-4-2-5-9-21/h2-11,19H,12-18H2,1H3. The largest absolute Gasteiger partial charge is 0.340 e. The lowest BCUT2D eigenvalue weighted by Gasteiger charge is -2.34. The highest BCUT2D eigenvalue weighted by atomic mass is 32.1. The normalized spacial score (nSPS) is 14.6. The van der Waals surface area contributed by atoms with Crippen molar-refractivity contribution in [3.8, 4) is 11.1 Å². The Morgan fingerprint density at radius 1 is 0.971 bits per heavy atom. The van der Waals surface area contributed by atoms with Gasteiger partial charge in [0, 0.05) is 56.1 Å². The Labute approximate surface area is 203 Å². The van der Waals surface area contributed by atoms with Gasteiger partial charge in [0.2, 0.25) is 5.91 Å². The molecule has 3 heterocycles. The average Bonchev–Trinajstić information content (AvgIpc) is 3.21. The second-order valence-electron chi connectivity index (χ2n) is 8.72. The van der Waals surface area contributed by atoms with Gasteiger partial charge in [0.25, 0.3) is 5.56 Å². The van der Waals surface area contributed by atoms with Gasteiger partial charge in [0.1, 0.15) is 4.83 Å². The molecule has 0 atom stereocenters. The SMILES string of the molecule is Cc1sc2ncn(CCC(=O)N3CCN(Cc4ccccc4)CC3)c(=O)c2c1-c1ccccc1. The lowest BCUT2D eigenvalue weighted by atomic mass is 10.0. The van der Waals surface area contributed by atoms with E-state index in [1.54, 1.807) is 10.9 Å². The fourth-order valence-corrected chi connectivity index (χ4v) is 5.62. The molecule has 0 unspecified atom stereocenters. The van der Waals surface area contributed by atoms with Crippen LogP contribution in [-0.4, -0.2) is 51.4 Å². The second kappa shape index (κ2) is 9.91. The van der Waals surface area contributed by atoms with Gasteiger partial charge in [-0.25, -0.2) is 4.98 Å². The fraction of sp³-hybridized carbons (Fsp3) is 0.296. The number of carbonyl (C=O) groups excluding carboxylic acids is 1. The van der Waals surface area contributed by atoms with Gasteiger partial charge in [-0.15, -0.1) is 11.3 Å². The van der Waals surface area contributed by atoms with E-state index < -0.39 is 0 Å². The van der Waals surface area contributed by atoms with Crippen LogP contribution in [0.4, 0.5) is 0 Å². The van der Waals surface area contributed by atoms with Crippen LogP contribution in [0.15, 0.2) is 71.8 Å². The van der Waals surface area contributed by atoms with E-state index in [9.17, 15) is 9.59 Å². The van der Waals surface area contributed by atoms with Crippen LogP contribution in [0.25, 0.3) is 21.3 Å². The van der Waals surface area contributed by atoms with Crippen LogP contribution in [0.3, 0.4) is 0 Å². The topological polar surface area (TPSA) is 58.4 Å². The minimum atomic E-state index is -0.0753. The molecular formula is C27H28N4O2S. The van der Waals surface area contributed by atoms with Gasteiger partial charge < -0.3 is 4.90 Å². The van der Waals surface area contributed by atoms with Crippen molar-refractivity contribution in [2.75, 3.05) is 26.2 Å². The number of hydrogen-bond donors (Lipinski definition) is 0. The number of nitrogens with zero attached hydrogens (tertiary/aromatic N) is 4. The van der Waals surface area contributed by atoms with E-state index in [0.29, 0.717) is 18.4 Å². The monoisotopic (exact) mass is 472 g/mol. The first-order chi connectivity index (χ1) is 16.6. The molecule has 0 spiro atoms. The molecule has 34 heavy (non-hydrogen) atoms. The predicted molar refractivity (Wildman–Crippen MR) is 137 cm³/mol. The quantitative estimate of drug-likeness (QED) is 0.423. The van der Waals surface area contributed by atoms with Gasteiger partial charge in [-0.3, -0.25) is 19.1 Å². The van der Waals surface area contributed by atoms with Crippen molar-refractivity contribution in [1.29, 1.82) is 0 Å². The maximum absolute atomic E-state index is 13.3. The summed E-state index contributed by atoms with van der Waals surface area (Å²) in [4.78, 5) is 36.9. The molecule has 1 fully saturated rings. The van der Waals surface area contributed by atoms with Crippen LogP contribution >= 0.6 is 11.3 Å². The molecule has 5 rings (SSSR count). The highest BCUT2D eigenvalue weighted by molar-refractivity contribution is 7.19. The first-order valence-corrected chi connectivity index (χ1v) is 12.5. The molecule has 0 aliphatic carbocycles. The Balaban J connectivity index is 1.24. The minimum Gasteiger partial charge on any atom is -0.340 e. The number of aromatic nitrogens is 2. The number of piperazine rings is 1. The number of benzene rings is 2. The van der Waals surface area contributed by atoms with Gasteiger partial charge in [-0.05, 0) is 18.1 Å². The summed E-state index contributed by atoms with van der Waals surface area (Å²) in [6.45, 7) is 6.45. The summed E-state index contributed by atoms with van der Waals surface area (Å²) in [7, 11) is 0. The van der Waals surface area contributed by atoms with E-state index in [0.717, 1.165) is 53.6 Å². The maximum Gasteiger partial charge on any atom is 0.262 e. The van der Waals surface area contributed by atoms with Crippen molar-refractivity contribution in [3.05, 3.63) is 87.8 Å². The average molecular weight is 473 g/mol. The zero-order valence-electron chi connectivity index (χ0n) is 19.3. The zero-order valence-corrected chi connectivity index (χ0v) is 20.1. The number of fused-ring (bicyclic) bond motifs is 1. The molecule has 174 valence electrons. The number of hydrogen-bond acceptors (Lipinski definition) is 5. The molecule has 1 saturated heterocycles. The Hall–Kier alpha value is -3.29. The molecule has 7 heteroatoms. The first-order valence-electron chi connectivity index (χ1n) is 11.7. The number of thiophene rings is 1. The van der Waals surface area contributed by atoms with E-state index in [1.165, 1.54) is 16.9 Å². The molecule has 4 aromatic rings. The third-order valence-electron chi connectivity index (χ3n) is 6.46. The van der Waals surface area contributed by atoms with Crippen molar-refractivity contribution in [2.45, 2.75) is 26.4 Å². The van der Waals surface area contributed by atoms with Crippen LogP contribution in [0.2, 0.25) is 0 Å². The molecule has 2 aromatic heterocycles. The molecule has 1 amide bonds. The van der Waals surface area contributed by atoms with Crippen LogP contribution in [-0.2, 0) is 17.9 Å². The second-order valence-corrected chi connectivity index (χ2v) is 9.92. The zero-order chi connectivity index (χ0) is 23.5. The maximum atomic E-state index is 13.3. The van der Waals surface area contributed by atoms with Gasteiger partial charge in [0.05, 0.1) is 11.7 Å². The Bertz CT molecular complexity index is 1340. The van der Waals surface area contributed by atoms with Gasteiger partial charge in [-0.1, -0.05) is 60.7 Å². The third kappa shape index (κ3) is 4.67. The Morgan fingerprint density at radius 2 is 1.65 bits per heavy atom. The van der Waals surface area contributed by atoms with Gasteiger partial charge >= 0.3 is 0 Å². The van der Waals surface area contributed by atoms with Crippen LogP contribution in [0.1, 0.15) is 16.9 Å². The van der Waals surface area contributed by atoms with Gasteiger partial charge in [0.15, 0.2) is 0 Å². The lowest BCUT2D eigenvalue weighted by molar-refractivity contribution is -0.133. The van der Waals surface area contributed by atoms with Crippen LogP contribution < -0.4 is 5.56 Å². The Kier molecular flexibility index (Phi) is 6.56.